The van der Waals surface area contributed by atoms with Crippen LogP contribution in [0.1, 0.15) is 61.6 Å². The highest BCUT2D eigenvalue weighted by atomic mass is 16.5. The summed E-state index contributed by atoms with van der Waals surface area (Å²) in [5, 5.41) is 10.7. The largest absolute Gasteiger partial charge is 0.496 e. The number of para-hydroxylation sites is 1. The number of hydrogen-bond donors (Lipinski definition) is 1. The van der Waals surface area contributed by atoms with Gasteiger partial charge in [-0.05, 0) is 103 Å². The molecular weight excluding hydrogens is 434 g/mol. The first-order valence-electron chi connectivity index (χ1n) is 13.2. The number of nitrogens with zero attached hydrogens (tertiary/aromatic N) is 1. The quantitative estimate of drug-likeness (QED) is 0.462. The first kappa shape index (κ1) is 22.6. The lowest BCUT2D eigenvalue weighted by atomic mass is 9.55. The molecule has 2 fully saturated rings. The third kappa shape index (κ3) is 3.92. The molecule has 3 aliphatic rings. The van der Waals surface area contributed by atoms with Gasteiger partial charge in [-0.1, -0.05) is 25.1 Å². The standard InChI is InChI=1S/C31H36NO3/c1-31-17-16-25-24-13-11-23(19-21(24)10-12-26(25)27(31)14-15-29(31)33)35-30-9-5-6-18-32(30)20-22-7-3-4-8-28(22)34-2/h3-9,11,13,18-19,25-27,29,33H,10,12,14-17,20H2,1-2H3/q+1/t25-,26-,27+,29+,31+/m1/s1. The average Bonchev–Trinajstić information content (AvgIpc) is 3.19. The second-order valence-corrected chi connectivity index (χ2v) is 11.0. The fourth-order valence-electron chi connectivity index (χ4n) is 7.42. The molecule has 0 saturated heterocycles. The fraction of sp³-hybridized carbons (Fsp3) is 0.452. The van der Waals surface area contributed by atoms with Crippen LogP contribution in [0.4, 0.5) is 0 Å². The Hall–Kier alpha value is -2.85. The Balaban J connectivity index is 1.23. The van der Waals surface area contributed by atoms with E-state index in [-0.39, 0.29) is 11.5 Å². The van der Waals surface area contributed by atoms with E-state index in [4.69, 9.17) is 9.47 Å². The molecule has 1 heterocycles. The third-order valence-corrected chi connectivity index (χ3v) is 9.30. The van der Waals surface area contributed by atoms with Gasteiger partial charge in [0.05, 0.1) is 24.8 Å². The zero-order chi connectivity index (χ0) is 24.0. The summed E-state index contributed by atoms with van der Waals surface area (Å²) in [4.78, 5) is 0. The monoisotopic (exact) mass is 470 g/mol. The van der Waals surface area contributed by atoms with E-state index in [1.54, 1.807) is 7.11 Å². The van der Waals surface area contributed by atoms with Crippen molar-refractivity contribution in [2.75, 3.05) is 7.11 Å². The van der Waals surface area contributed by atoms with Gasteiger partial charge in [-0.15, -0.1) is 0 Å². The highest BCUT2D eigenvalue weighted by molar-refractivity contribution is 5.41. The van der Waals surface area contributed by atoms with E-state index in [9.17, 15) is 5.11 Å². The van der Waals surface area contributed by atoms with Crippen molar-refractivity contribution in [3.05, 3.63) is 83.6 Å². The predicted octanol–water partition coefficient (Wildman–Crippen LogP) is 6.04. The van der Waals surface area contributed by atoms with Crippen LogP contribution in [0.2, 0.25) is 0 Å². The summed E-state index contributed by atoms with van der Waals surface area (Å²) in [6.07, 6.45) is 8.79. The van der Waals surface area contributed by atoms with Crippen molar-refractivity contribution in [3.8, 4) is 17.4 Å². The molecule has 1 N–H and O–H groups in total. The zero-order valence-corrected chi connectivity index (χ0v) is 20.8. The molecule has 6 rings (SSSR count). The van der Waals surface area contributed by atoms with Gasteiger partial charge >= 0.3 is 5.88 Å². The molecule has 2 saturated carbocycles. The van der Waals surface area contributed by atoms with Crippen LogP contribution in [0.25, 0.3) is 0 Å². The lowest BCUT2D eigenvalue weighted by Gasteiger charge is -2.50. The molecule has 0 spiro atoms. The lowest BCUT2D eigenvalue weighted by Crippen LogP contribution is -2.43. The van der Waals surface area contributed by atoms with Crippen LogP contribution in [-0.4, -0.2) is 18.3 Å². The van der Waals surface area contributed by atoms with Gasteiger partial charge in [0.1, 0.15) is 11.5 Å². The van der Waals surface area contributed by atoms with Gasteiger partial charge in [-0.2, -0.15) is 4.57 Å². The topological polar surface area (TPSA) is 42.6 Å². The molecule has 0 amide bonds. The molecule has 1 aromatic heterocycles. The molecule has 4 heteroatoms. The molecule has 35 heavy (non-hydrogen) atoms. The van der Waals surface area contributed by atoms with Crippen molar-refractivity contribution in [2.24, 2.45) is 17.3 Å². The maximum Gasteiger partial charge on any atom is 0.373 e. The molecular formula is C31H36NO3+. The number of fused-ring (bicyclic) bond motifs is 5. The minimum atomic E-state index is -0.112. The fourth-order valence-corrected chi connectivity index (χ4v) is 7.42. The number of rotatable bonds is 5. The number of aromatic nitrogens is 1. The molecule has 0 bridgehead atoms. The number of aryl methyl sites for hydroxylation is 1. The van der Waals surface area contributed by atoms with Crippen LogP contribution >= 0.6 is 0 Å². The van der Waals surface area contributed by atoms with Gasteiger partial charge in [0.2, 0.25) is 0 Å². The summed E-state index contributed by atoms with van der Waals surface area (Å²) < 4.78 is 14.1. The molecule has 3 aromatic rings. The Bertz CT molecular complexity index is 1220. The maximum absolute atomic E-state index is 10.7. The van der Waals surface area contributed by atoms with Crippen molar-refractivity contribution in [3.63, 3.8) is 0 Å². The van der Waals surface area contributed by atoms with Gasteiger partial charge in [0.15, 0.2) is 12.7 Å². The SMILES string of the molecule is COc1ccccc1C[n+]1ccccc1Oc1ccc2c(c1)CC[C@@H]1[C@@H]2CC[C@]2(C)[C@@H](O)CC[C@@H]12. The summed E-state index contributed by atoms with van der Waals surface area (Å²) in [6, 6.07) is 20.9. The van der Waals surface area contributed by atoms with Gasteiger partial charge in [0, 0.05) is 6.07 Å². The summed E-state index contributed by atoms with van der Waals surface area (Å²) in [5.74, 6) is 4.61. The number of aliphatic hydroxyl groups excluding tert-OH is 1. The van der Waals surface area contributed by atoms with E-state index in [1.807, 2.05) is 36.4 Å². The van der Waals surface area contributed by atoms with Crippen LogP contribution in [0, 0.1) is 17.3 Å². The first-order chi connectivity index (χ1) is 17.1. The van der Waals surface area contributed by atoms with Crippen LogP contribution < -0.4 is 14.0 Å². The van der Waals surface area contributed by atoms with Gasteiger partial charge < -0.3 is 14.6 Å². The van der Waals surface area contributed by atoms with Gasteiger partial charge in [-0.3, -0.25) is 0 Å². The molecule has 3 aliphatic carbocycles. The summed E-state index contributed by atoms with van der Waals surface area (Å²) in [7, 11) is 1.71. The second kappa shape index (κ2) is 8.98. The summed E-state index contributed by atoms with van der Waals surface area (Å²) in [5.41, 5.74) is 4.21. The summed E-state index contributed by atoms with van der Waals surface area (Å²) in [6.45, 7) is 3.03. The number of aliphatic hydroxyl groups is 1. The number of methoxy groups -OCH3 is 1. The average molecular weight is 471 g/mol. The maximum atomic E-state index is 10.7. The Kier molecular flexibility index (Phi) is 5.80. The van der Waals surface area contributed by atoms with E-state index >= 15 is 0 Å². The molecule has 4 nitrogen and oxygen atoms in total. The number of pyridine rings is 1. The molecule has 5 atom stereocenters. The van der Waals surface area contributed by atoms with Crippen LogP contribution in [0.15, 0.2) is 66.9 Å². The molecule has 0 radical (unpaired) electrons. The van der Waals surface area contributed by atoms with Crippen LogP contribution in [0.5, 0.6) is 17.4 Å². The Morgan fingerprint density at radius 3 is 2.74 bits per heavy atom. The van der Waals surface area contributed by atoms with E-state index < -0.39 is 0 Å². The van der Waals surface area contributed by atoms with Crippen molar-refractivity contribution in [1.82, 2.24) is 0 Å². The highest BCUT2D eigenvalue weighted by Gasteiger charge is 2.54. The Morgan fingerprint density at radius 1 is 1.00 bits per heavy atom. The van der Waals surface area contributed by atoms with E-state index in [2.05, 4.69) is 42.0 Å². The van der Waals surface area contributed by atoms with Crippen molar-refractivity contribution in [2.45, 2.75) is 64.0 Å². The predicted molar refractivity (Wildman–Crippen MR) is 136 cm³/mol. The summed E-state index contributed by atoms with van der Waals surface area (Å²) >= 11 is 0. The number of hydrogen-bond acceptors (Lipinski definition) is 3. The molecule has 0 unspecified atom stereocenters. The normalized spacial score (nSPS) is 29.1. The smallest absolute Gasteiger partial charge is 0.373 e. The Morgan fingerprint density at radius 2 is 1.86 bits per heavy atom. The molecule has 182 valence electrons. The lowest BCUT2D eigenvalue weighted by molar-refractivity contribution is -0.692. The van der Waals surface area contributed by atoms with E-state index in [0.29, 0.717) is 24.3 Å². The molecule has 0 aliphatic heterocycles. The van der Waals surface area contributed by atoms with Crippen LogP contribution in [-0.2, 0) is 13.0 Å². The van der Waals surface area contributed by atoms with Gasteiger partial charge in [0.25, 0.3) is 0 Å². The van der Waals surface area contributed by atoms with Gasteiger partial charge in [-0.25, -0.2) is 0 Å². The highest BCUT2D eigenvalue weighted by Crippen LogP contribution is 2.60. The van der Waals surface area contributed by atoms with E-state index in [0.717, 1.165) is 42.2 Å². The first-order valence-corrected chi connectivity index (χ1v) is 13.2. The molecule has 2 aromatic carbocycles. The Labute approximate surface area is 208 Å². The number of benzene rings is 2. The van der Waals surface area contributed by atoms with Crippen LogP contribution in [0.3, 0.4) is 0 Å². The van der Waals surface area contributed by atoms with E-state index in [1.165, 1.54) is 30.4 Å². The van der Waals surface area contributed by atoms with Crippen molar-refractivity contribution < 1.29 is 19.1 Å². The minimum absolute atomic E-state index is 0.112. The van der Waals surface area contributed by atoms with Crippen molar-refractivity contribution >= 4 is 0 Å². The third-order valence-electron chi connectivity index (χ3n) is 9.30. The zero-order valence-electron chi connectivity index (χ0n) is 20.8. The second-order valence-electron chi connectivity index (χ2n) is 11.0. The number of ether oxygens (including phenoxy) is 2. The van der Waals surface area contributed by atoms with Crippen molar-refractivity contribution in [1.29, 1.82) is 0 Å². The minimum Gasteiger partial charge on any atom is -0.496 e.